The number of rotatable bonds is 11. The van der Waals surface area contributed by atoms with Gasteiger partial charge < -0.3 is 14.8 Å². The first kappa shape index (κ1) is 28.2. The van der Waals surface area contributed by atoms with Crippen molar-refractivity contribution in [1.29, 1.82) is 0 Å². The lowest BCUT2D eigenvalue weighted by Gasteiger charge is -2.18. The molecule has 0 radical (unpaired) electrons. The van der Waals surface area contributed by atoms with Gasteiger partial charge in [0, 0.05) is 18.1 Å². The van der Waals surface area contributed by atoms with Gasteiger partial charge in [-0.05, 0) is 52.9 Å². The van der Waals surface area contributed by atoms with Gasteiger partial charge in [-0.2, -0.15) is 13.2 Å². The third-order valence-electron chi connectivity index (χ3n) is 5.57. The quantitative estimate of drug-likeness (QED) is 0.230. The zero-order valence-electron chi connectivity index (χ0n) is 20.2. The van der Waals surface area contributed by atoms with Crippen LogP contribution in [-0.4, -0.2) is 25.1 Å². The molecule has 5 nitrogen and oxygen atoms in total. The van der Waals surface area contributed by atoms with Crippen LogP contribution in [0.1, 0.15) is 35.6 Å². The fraction of sp³-hybridized carbons (Fsp3) is 0.286. The first-order valence-corrected chi connectivity index (χ1v) is 12.1. The van der Waals surface area contributed by atoms with Crippen LogP contribution in [0.3, 0.4) is 0 Å². The maximum Gasteiger partial charge on any atom is 0.416 e. The number of carbonyl (C=O) groups is 2. The number of ether oxygens (including phenoxy) is 2. The molecule has 0 saturated heterocycles. The summed E-state index contributed by atoms with van der Waals surface area (Å²) in [7, 11) is 0. The molecule has 0 amide bonds. The highest BCUT2D eigenvalue weighted by molar-refractivity contribution is 6.31. The lowest BCUT2D eigenvalue weighted by molar-refractivity contribution is -0.145. The summed E-state index contributed by atoms with van der Waals surface area (Å²) in [6, 6.07) is 17.4. The summed E-state index contributed by atoms with van der Waals surface area (Å²) in [5.74, 6) is -0.850. The van der Waals surface area contributed by atoms with E-state index in [4.69, 9.17) is 21.1 Å². The number of benzene rings is 3. The SMILES string of the molecule is CCOC(=O)Cc1c(Cl)ccc(-c2ccc(C(F)(F)F)cc2)c1CNCCC(=O)OCc1ccccc1. The molecule has 3 rings (SSSR count). The fourth-order valence-corrected chi connectivity index (χ4v) is 3.98. The predicted molar refractivity (Wildman–Crippen MR) is 135 cm³/mol. The molecule has 0 spiro atoms. The Kier molecular flexibility index (Phi) is 10.1. The Morgan fingerprint density at radius 3 is 2.24 bits per heavy atom. The van der Waals surface area contributed by atoms with Gasteiger partial charge in [0.15, 0.2) is 0 Å². The van der Waals surface area contributed by atoms with Crippen LogP contribution < -0.4 is 5.32 Å². The van der Waals surface area contributed by atoms with Crippen molar-refractivity contribution >= 4 is 23.5 Å². The van der Waals surface area contributed by atoms with Gasteiger partial charge in [-0.1, -0.05) is 60.1 Å². The van der Waals surface area contributed by atoms with E-state index < -0.39 is 17.7 Å². The molecule has 1 N–H and O–H groups in total. The maximum absolute atomic E-state index is 13.0. The number of halogens is 4. The van der Waals surface area contributed by atoms with Crippen LogP contribution in [0.4, 0.5) is 13.2 Å². The fourth-order valence-electron chi connectivity index (χ4n) is 3.74. The van der Waals surface area contributed by atoms with Crippen molar-refractivity contribution in [2.75, 3.05) is 13.2 Å². The number of esters is 2. The molecule has 0 unspecified atom stereocenters. The summed E-state index contributed by atoms with van der Waals surface area (Å²) in [4.78, 5) is 24.4. The minimum Gasteiger partial charge on any atom is -0.466 e. The Balaban J connectivity index is 1.75. The number of alkyl halides is 3. The number of carbonyl (C=O) groups excluding carboxylic acids is 2. The van der Waals surface area contributed by atoms with E-state index in [1.807, 2.05) is 30.3 Å². The third kappa shape index (κ3) is 8.33. The minimum absolute atomic E-state index is 0.0999. The molecule has 0 aliphatic heterocycles. The molecule has 196 valence electrons. The first-order chi connectivity index (χ1) is 17.7. The normalized spacial score (nSPS) is 11.3. The van der Waals surface area contributed by atoms with Crippen LogP contribution in [0.2, 0.25) is 5.02 Å². The smallest absolute Gasteiger partial charge is 0.416 e. The van der Waals surface area contributed by atoms with Crippen LogP contribution in [0, 0.1) is 0 Å². The van der Waals surface area contributed by atoms with Crippen molar-refractivity contribution in [3.8, 4) is 11.1 Å². The van der Waals surface area contributed by atoms with E-state index in [0.29, 0.717) is 27.3 Å². The molecule has 3 aromatic carbocycles. The van der Waals surface area contributed by atoms with E-state index in [1.165, 1.54) is 12.1 Å². The number of nitrogens with one attached hydrogen (secondary N) is 1. The summed E-state index contributed by atoms with van der Waals surface area (Å²) >= 11 is 6.42. The van der Waals surface area contributed by atoms with E-state index in [2.05, 4.69) is 5.32 Å². The summed E-state index contributed by atoms with van der Waals surface area (Å²) in [5.41, 5.74) is 2.43. The van der Waals surface area contributed by atoms with Crippen LogP contribution in [-0.2, 0) is 44.8 Å². The summed E-state index contributed by atoms with van der Waals surface area (Å²) < 4.78 is 49.5. The Morgan fingerprint density at radius 1 is 0.892 bits per heavy atom. The molecular weight excluding hydrogens is 507 g/mol. The van der Waals surface area contributed by atoms with Crippen molar-refractivity contribution in [2.45, 2.75) is 39.1 Å². The van der Waals surface area contributed by atoms with Crippen molar-refractivity contribution in [3.05, 3.63) is 94.0 Å². The molecule has 0 aromatic heterocycles. The second kappa shape index (κ2) is 13.3. The second-order valence-electron chi connectivity index (χ2n) is 8.18. The highest BCUT2D eigenvalue weighted by atomic mass is 35.5. The molecular formula is C28H27ClF3NO4. The average molecular weight is 534 g/mol. The lowest BCUT2D eigenvalue weighted by atomic mass is 9.93. The summed E-state index contributed by atoms with van der Waals surface area (Å²) in [6.45, 7) is 2.57. The van der Waals surface area contributed by atoms with E-state index in [1.54, 1.807) is 19.1 Å². The molecule has 0 aliphatic carbocycles. The predicted octanol–water partition coefficient (Wildman–Crippen LogP) is 6.35. The van der Waals surface area contributed by atoms with Gasteiger partial charge in [0.25, 0.3) is 0 Å². The van der Waals surface area contributed by atoms with Crippen LogP contribution in [0.5, 0.6) is 0 Å². The average Bonchev–Trinajstić information content (AvgIpc) is 2.87. The molecule has 0 saturated carbocycles. The third-order valence-corrected chi connectivity index (χ3v) is 5.93. The number of hydrogen-bond acceptors (Lipinski definition) is 5. The van der Waals surface area contributed by atoms with Gasteiger partial charge in [0.2, 0.25) is 0 Å². The molecule has 0 atom stereocenters. The molecule has 0 bridgehead atoms. The van der Waals surface area contributed by atoms with Crippen molar-refractivity contribution in [1.82, 2.24) is 5.32 Å². The molecule has 3 aromatic rings. The second-order valence-corrected chi connectivity index (χ2v) is 8.59. The Bertz CT molecular complexity index is 1200. The minimum atomic E-state index is -4.45. The Labute approximate surface area is 218 Å². The van der Waals surface area contributed by atoms with Gasteiger partial charge in [0.05, 0.1) is 25.0 Å². The summed E-state index contributed by atoms with van der Waals surface area (Å²) in [5, 5.41) is 3.49. The van der Waals surface area contributed by atoms with Gasteiger partial charge in [-0.3, -0.25) is 9.59 Å². The topological polar surface area (TPSA) is 64.6 Å². The van der Waals surface area contributed by atoms with E-state index in [9.17, 15) is 22.8 Å². The molecule has 0 fully saturated rings. The van der Waals surface area contributed by atoms with Crippen molar-refractivity contribution in [3.63, 3.8) is 0 Å². The van der Waals surface area contributed by atoms with E-state index in [-0.39, 0.29) is 45.1 Å². The van der Waals surface area contributed by atoms with Gasteiger partial charge in [0.1, 0.15) is 6.61 Å². The highest BCUT2D eigenvalue weighted by Crippen LogP contribution is 2.34. The zero-order chi connectivity index (χ0) is 26.8. The zero-order valence-corrected chi connectivity index (χ0v) is 21.0. The van der Waals surface area contributed by atoms with Crippen LogP contribution in [0.15, 0.2) is 66.7 Å². The Morgan fingerprint density at radius 2 is 1.59 bits per heavy atom. The van der Waals surface area contributed by atoms with Crippen molar-refractivity contribution in [2.24, 2.45) is 0 Å². The molecule has 0 aliphatic rings. The molecule has 9 heteroatoms. The molecule has 37 heavy (non-hydrogen) atoms. The van der Waals surface area contributed by atoms with E-state index in [0.717, 1.165) is 17.7 Å². The summed E-state index contributed by atoms with van der Waals surface area (Å²) in [6.07, 6.45) is -4.44. The monoisotopic (exact) mass is 533 g/mol. The Hall–Kier alpha value is -3.36. The number of hydrogen-bond donors (Lipinski definition) is 1. The van der Waals surface area contributed by atoms with Crippen molar-refractivity contribution < 1.29 is 32.2 Å². The standard InChI is InChI=1S/C28H27ClF3NO4/c1-2-36-27(35)16-23-24(17-33-15-14-26(34)37-18-19-6-4-3-5-7-19)22(12-13-25(23)29)20-8-10-21(11-9-20)28(30,31)32/h3-13,33H,2,14-18H2,1H3. The van der Waals surface area contributed by atoms with E-state index >= 15 is 0 Å². The first-order valence-electron chi connectivity index (χ1n) is 11.7. The van der Waals surface area contributed by atoms with Gasteiger partial charge >= 0.3 is 18.1 Å². The highest BCUT2D eigenvalue weighted by Gasteiger charge is 2.30. The molecule has 0 heterocycles. The van der Waals surface area contributed by atoms with Gasteiger partial charge in [-0.15, -0.1) is 0 Å². The van der Waals surface area contributed by atoms with Gasteiger partial charge in [-0.25, -0.2) is 0 Å². The lowest BCUT2D eigenvalue weighted by Crippen LogP contribution is -2.21. The van der Waals surface area contributed by atoms with Crippen LogP contribution >= 0.6 is 11.6 Å². The van der Waals surface area contributed by atoms with Crippen LogP contribution in [0.25, 0.3) is 11.1 Å². The maximum atomic E-state index is 13.0. The largest absolute Gasteiger partial charge is 0.466 e.